The van der Waals surface area contributed by atoms with Gasteiger partial charge < -0.3 is 10.0 Å². The van der Waals surface area contributed by atoms with Crippen molar-refractivity contribution < 1.29 is 14.7 Å². The lowest BCUT2D eigenvalue weighted by molar-refractivity contribution is -0.114. The van der Waals surface area contributed by atoms with Gasteiger partial charge in [-0.1, -0.05) is 30.6 Å². The average molecular weight is 522 g/mol. The van der Waals surface area contributed by atoms with Gasteiger partial charge in [0.05, 0.1) is 6.20 Å². The second-order valence-corrected chi connectivity index (χ2v) is 11.8. The molecular weight excluding hydrogens is 486 g/mol. The SMILES string of the molecule is CC#C[C@]1(O)CC[C@H]2[C@@H]3CCC4=CC(=O)CCC4=C3[C@@H](c3ccc(N(C)C(=O)c4cnccn4)cc3)C[C@@]21C. The summed E-state index contributed by atoms with van der Waals surface area (Å²) in [4.78, 5) is 35.0. The molecule has 2 fully saturated rings. The van der Waals surface area contributed by atoms with Gasteiger partial charge in [0.2, 0.25) is 0 Å². The van der Waals surface area contributed by atoms with Crippen LogP contribution in [-0.4, -0.2) is 39.4 Å². The molecule has 0 saturated heterocycles. The number of allylic oxidation sites excluding steroid dienone is 4. The van der Waals surface area contributed by atoms with Crippen LogP contribution in [-0.2, 0) is 4.79 Å². The number of carbonyl (C=O) groups excluding carboxylic acids is 2. The molecule has 2 aromatic rings. The van der Waals surface area contributed by atoms with Gasteiger partial charge in [0.25, 0.3) is 5.91 Å². The Balaban J connectivity index is 1.41. The lowest BCUT2D eigenvalue weighted by Gasteiger charge is -2.53. The number of rotatable bonds is 3. The highest BCUT2D eigenvalue weighted by molar-refractivity contribution is 6.04. The van der Waals surface area contributed by atoms with Crippen molar-refractivity contribution in [2.75, 3.05) is 11.9 Å². The van der Waals surface area contributed by atoms with Crippen molar-refractivity contribution in [3.8, 4) is 11.8 Å². The Labute approximate surface area is 230 Å². The van der Waals surface area contributed by atoms with Crippen LogP contribution in [0.4, 0.5) is 5.69 Å². The quantitative estimate of drug-likeness (QED) is 0.547. The van der Waals surface area contributed by atoms with E-state index in [1.165, 1.54) is 34.7 Å². The number of benzene rings is 1. The Kier molecular flexibility index (Phi) is 6.31. The number of carbonyl (C=O) groups is 2. The zero-order valence-electron chi connectivity index (χ0n) is 22.9. The maximum absolute atomic E-state index is 12.9. The highest BCUT2D eigenvalue weighted by atomic mass is 16.3. The van der Waals surface area contributed by atoms with Gasteiger partial charge in [-0.15, -0.1) is 5.92 Å². The predicted molar refractivity (Wildman–Crippen MR) is 150 cm³/mol. The molecule has 2 saturated carbocycles. The Hall–Kier alpha value is -3.56. The van der Waals surface area contributed by atoms with Gasteiger partial charge in [0.1, 0.15) is 11.3 Å². The lowest BCUT2D eigenvalue weighted by Crippen LogP contribution is -2.51. The molecule has 1 heterocycles. The normalized spacial score (nSPS) is 31.3. The van der Waals surface area contributed by atoms with Crippen LogP contribution in [0.5, 0.6) is 0 Å². The molecule has 0 radical (unpaired) electrons. The van der Waals surface area contributed by atoms with Crippen LogP contribution in [0.25, 0.3) is 0 Å². The molecule has 0 aliphatic heterocycles. The van der Waals surface area contributed by atoms with E-state index >= 15 is 0 Å². The maximum atomic E-state index is 12.9. The van der Waals surface area contributed by atoms with Gasteiger partial charge in [-0.25, -0.2) is 4.98 Å². The summed E-state index contributed by atoms with van der Waals surface area (Å²) < 4.78 is 0. The summed E-state index contributed by atoms with van der Waals surface area (Å²) in [5.41, 5.74) is 5.03. The lowest BCUT2D eigenvalue weighted by atomic mass is 9.51. The molecule has 0 unspecified atom stereocenters. The molecule has 6 heteroatoms. The van der Waals surface area contributed by atoms with Crippen LogP contribution in [0.15, 0.2) is 65.7 Å². The molecule has 1 aromatic carbocycles. The van der Waals surface area contributed by atoms with E-state index in [0.29, 0.717) is 30.4 Å². The fraction of sp³-hybridized carbons (Fsp3) is 0.455. The van der Waals surface area contributed by atoms with E-state index in [0.717, 1.165) is 37.8 Å². The minimum atomic E-state index is -0.997. The highest BCUT2D eigenvalue weighted by Crippen LogP contribution is 2.66. The molecule has 39 heavy (non-hydrogen) atoms. The predicted octanol–water partition coefficient (Wildman–Crippen LogP) is 5.41. The van der Waals surface area contributed by atoms with Gasteiger partial charge in [-0.3, -0.25) is 14.6 Å². The van der Waals surface area contributed by atoms with Crippen LogP contribution in [0.3, 0.4) is 0 Å². The first-order valence-electron chi connectivity index (χ1n) is 14.0. The number of anilines is 1. The molecule has 6 nitrogen and oxygen atoms in total. The number of hydrogen-bond donors (Lipinski definition) is 1. The van der Waals surface area contributed by atoms with Crippen LogP contribution >= 0.6 is 0 Å². The largest absolute Gasteiger partial charge is 0.377 e. The molecule has 1 aromatic heterocycles. The summed E-state index contributed by atoms with van der Waals surface area (Å²) in [6.45, 7) is 4.07. The van der Waals surface area contributed by atoms with E-state index in [9.17, 15) is 14.7 Å². The molecule has 6 rings (SSSR count). The molecule has 4 aliphatic rings. The van der Waals surface area contributed by atoms with E-state index < -0.39 is 5.60 Å². The van der Waals surface area contributed by atoms with Crippen molar-refractivity contribution in [2.24, 2.45) is 17.3 Å². The molecule has 5 atom stereocenters. The van der Waals surface area contributed by atoms with E-state index in [4.69, 9.17) is 0 Å². The summed E-state index contributed by atoms with van der Waals surface area (Å²) in [5, 5.41) is 11.9. The van der Waals surface area contributed by atoms with E-state index in [2.05, 4.69) is 40.9 Å². The molecule has 0 bridgehead atoms. The first-order chi connectivity index (χ1) is 18.8. The van der Waals surface area contributed by atoms with Crippen LogP contribution in [0.1, 0.15) is 80.8 Å². The van der Waals surface area contributed by atoms with Gasteiger partial charge in [0, 0.05) is 42.9 Å². The van der Waals surface area contributed by atoms with Crippen LogP contribution in [0, 0.1) is 29.1 Å². The first-order valence-corrected chi connectivity index (χ1v) is 14.0. The number of aromatic nitrogens is 2. The average Bonchev–Trinajstić information content (AvgIpc) is 3.22. The minimum absolute atomic E-state index is 0.126. The number of aliphatic hydroxyl groups is 1. The topological polar surface area (TPSA) is 83.4 Å². The maximum Gasteiger partial charge on any atom is 0.278 e. The van der Waals surface area contributed by atoms with E-state index in [-0.39, 0.29) is 23.0 Å². The Morgan fingerprint density at radius 3 is 2.64 bits per heavy atom. The third-order valence-electron chi connectivity index (χ3n) is 9.99. The molecule has 1 N–H and O–H groups in total. The fourth-order valence-corrected chi connectivity index (χ4v) is 8.01. The number of amides is 1. The molecular formula is C33H35N3O3. The summed E-state index contributed by atoms with van der Waals surface area (Å²) in [6.07, 6.45) is 12.2. The number of ketones is 1. The standard InChI is InChI=1S/C33H35N3O3/c1-4-14-33(39)15-13-28-26-11-7-22-18-24(37)10-12-25(22)30(26)27(19-32(28,33)2)21-5-8-23(9-6-21)36(3)31(38)29-20-34-16-17-35-29/h5-6,8-9,16-18,20,26-28,39H,7,10-13,15,19H2,1-3H3/t26-,27+,28-,32-,33-/m0/s1. The van der Waals surface area contributed by atoms with E-state index in [1.54, 1.807) is 18.1 Å². The summed E-state index contributed by atoms with van der Waals surface area (Å²) in [5.74, 6) is 7.14. The third kappa shape index (κ3) is 4.06. The second kappa shape index (κ2) is 9.57. The second-order valence-electron chi connectivity index (χ2n) is 11.8. The van der Waals surface area contributed by atoms with Crippen LogP contribution < -0.4 is 4.90 Å². The minimum Gasteiger partial charge on any atom is -0.377 e. The summed E-state index contributed by atoms with van der Waals surface area (Å²) >= 11 is 0. The molecule has 1 amide bonds. The summed E-state index contributed by atoms with van der Waals surface area (Å²) in [7, 11) is 1.75. The first kappa shape index (κ1) is 25.7. The van der Waals surface area contributed by atoms with Crippen molar-refractivity contribution in [3.05, 3.63) is 76.9 Å². The molecule has 200 valence electrons. The fourth-order valence-electron chi connectivity index (χ4n) is 8.01. The monoisotopic (exact) mass is 521 g/mol. The third-order valence-corrected chi connectivity index (χ3v) is 9.99. The highest BCUT2D eigenvalue weighted by Gasteiger charge is 2.62. The number of fused-ring (bicyclic) bond motifs is 4. The Bertz CT molecular complexity index is 1450. The van der Waals surface area contributed by atoms with Crippen molar-refractivity contribution >= 4 is 17.4 Å². The van der Waals surface area contributed by atoms with Crippen molar-refractivity contribution in [1.82, 2.24) is 9.97 Å². The Morgan fingerprint density at radius 1 is 1.13 bits per heavy atom. The van der Waals surface area contributed by atoms with Gasteiger partial charge in [-0.05, 0) is 92.2 Å². The molecule has 4 aliphatic carbocycles. The van der Waals surface area contributed by atoms with Gasteiger partial charge in [0.15, 0.2) is 5.78 Å². The van der Waals surface area contributed by atoms with Gasteiger partial charge in [-0.2, -0.15) is 0 Å². The van der Waals surface area contributed by atoms with E-state index in [1.807, 2.05) is 25.1 Å². The number of nitrogens with zero attached hydrogens (tertiary/aromatic N) is 3. The zero-order valence-corrected chi connectivity index (χ0v) is 22.9. The van der Waals surface area contributed by atoms with Crippen molar-refractivity contribution in [3.63, 3.8) is 0 Å². The smallest absolute Gasteiger partial charge is 0.278 e. The zero-order chi connectivity index (χ0) is 27.4. The van der Waals surface area contributed by atoms with Crippen molar-refractivity contribution in [1.29, 1.82) is 0 Å². The van der Waals surface area contributed by atoms with Crippen LogP contribution in [0.2, 0.25) is 0 Å². The van der Waals surface area contributed by atoms with Crippen molar-refractivity contribution in [2.45, 2.75) is 70.3 Å². The molecule has 0 spiro atoms. The number of hydrogen-bond acceptors (Lipinski definition) is 5. The Morgan fingerprint density at radius 2 is 1.92 bits per heavy atom. The van der Waals surface area contributed by atoms with Gasteiger partial charge >= 0.3 is 0 Å². The summed E-state index contributed by atoms with van der Waals surface area (Å²) in [6, 6.07) is 8.24.